The van der Waals surface area contributed by atoms with E-state index in [1.165, 1.54) is 17.3 Å². The van der Waals surface area contributed by atoms with Crippen molar-refractivity contribution >= 4 is 34.6 Å². The largest absolute Gasteiger partial charge is 0.497 e. The lowest BCUT2D eigenvalue weighted by Gasteiger charge is -2.11. The van der Waals surface area contributed by atoms with Gasteiger partial charge in [-0.15, -0.1) is 0 Å². The lowest BCUT2D eigenvalue weighted by Crippen LogP contribution is -2.23. The van der Waals surface area contributed by atoms with Gasteiger partial charge >= 0.3 is 0 Å². The van der Waals surface area contributed by atoms with Crippen molar-refractivity contribution in [1.82, 2.24) is 9.47 Å². The minimum absolute atomic E-state index is 0.0475. The number of likely N-dealkylation sites (N-methyl/N-ethyl adjacent to an activating group) is 1. The molecule has 31 heavy (non-hydrogen) atoms. The van der Waals surface area contributed by atoms with Crippen molar-refractivity contribution in [2.24, 2.45) is 4.99 Å². The summed E-state index contributed by atoms with van der Waals surface area (Å²) in [5, 5.41) is 0.689. The summed E-state index contributed by atoms with van der Waals surface area (Å²) in [4.78, 5) is 20.0. The Bertz CT molecular complexity index is 1180. The number of hydrogen-bond donors (Lipinski definition) is 0. The molecule has 0 aliphatic carbocycles. The molecule has 3 aromatic rings. The molecule has 4 rings (SSSR count). The number of amides is 1. The summed E-state index contributed by atoms with van der Waals surface area (Å²) in [6.45, 7) is 6.19. The van der Waals surface area contributed by atoms with E-state index in [2.05, 4.69) is 32.9 Å². The number of carbonyl (C=O) groups is 1. The Morgan fingerprint density at radius 2 is 1.71 bits per heavy atom. The van der Waals surface area contributed by atoms with Crippen molar-refractivity contribution in [3.05, 3.63) is 82.0 Å². The topological polar surface area (TPSA) is 46.8 Å². The van der Waals surface area contributed by atoms with Crippen LogP contribution in [0.15, 0.2) is 64.6 Å². The summed E-state index contributed by atoms with van der Waals surface area (Å²) in [6, 6.07) is 16.0. The third-order valence-corrected chi connectivity index (χ3v) is 6.32. The van der Waals surface area contributed by atoms with Crippen molar-refractivity contribution in [2.75, 3.05) is 14.2 Å². The molecule has 0 N–H and O–H groups in total. The monoisotopic (exact) mass is 431 g/mol. The number of carbonyl (C=O) groups excluding carboxylic acids is 1. The molecule has 1 aliphatic heterocycles. The average molecular weight is 432 g/mol. The Balaban J connectivity index is 1.67. The number of ether oxygens (including phenoxy) is 1. The highest BCUT2D eigenvalue weighted by Gasteiger charge is 2.31. The number of nitrogens with zero attached hydrogens (tertiary/aromatic N) is 3. The molecule has 0 bridgehead atoms. The lowest BCUT2D eigenvalue weighted by molar-refractivity contribution is -0.121. The number of hydrogen-bond acceptors (Lipinski definition) is 4. The van der Waals surface area contributed by atoms with E-state index >= 15 is 0 Å². The van der Waals surface area contributed by atoms with Gasteiger partial charge in [0.2, 0.25) is 0 Å². The first-order chi connectivity index (χ1) is 14.9. The third-order valence-electron chi connectivity index (χ3n) is 5.26. The Kier molecular flexibility index (Phi) is 5.74. The normalized spacial score (nSPS) is 16.5. The molecular weight excluding hydrogens is 406 g/mol. The smallest absolute Gasteiger partial charge is 0.266 e. The van der Waals surface area contributed by atoms with Gasteiger partial charge in [-0.05, 0) is 86.1 Å². The van der Waals surface area contributed by atoms with Gasteiger partial charge in [0.1, 0.15) is 5.75 Å². The van der Waals surface area contributed by atoms with Crippen LogP contribution in [0.4, 0.5) is 5.69 Å². The highest BCUT2D eigenvalue weighted by atomic mass is 32.2. The van der Waals surface area contributed by atoms with E-state index in [1.807, 2.05) is 53.2 Å². The molecule has 0 unspecified atom stereocenters. The van der Waals surface area contributed by atoms with Gasteiger partial charge in [-0.2, -0.15) is 0 Å². The van der Waals surface area contributed by atoms with E-state index in [1.54, 1.807) is 19.1 Å². The van der Waals surface area contributed by atoms with Crippen molar-refractivity contribution in [1.29, 1.82) is 0 Å². The zero-order chi connectivity index (χ0) is 22.1. The van der Waals surface area contributed by atoms with E-state index in [4.69, 9.17) is 9.73 Å². The zero-order valence-corrected chi connectivity index (χ0v) is 19.2. The number of benzene rings is 2. The second-order valence-corrected chi connectivity index (χ2v) is 8.63. The highest BCUT2D eigenvalue weighted by Crippen LogP contribution is 2.35. The Morgan fingerprint density at radius 1 is 1.03 bits per heavy atom. The minimum Gasteiger partial charge on any atom is -0.497 e. The van der Waals surface area contributed by atoms with Gasteiger partial charge in [0.15, 0.2) is 5.17 Å². The van der Waals surface area contributed by atoms with Crippen LogP contribution in [0.1, 0.15) is 22.4 Å². The standard InChI is InChI=1S/C25H25N3O2S/c1-16-13-17(2)23(18(3)14-16)26-25-27(4)24(29)22(31-25)15-20-7-6-12-28(20)19-8-10-21(30-5)11-9-19/h6-15H,1-5H3/b22-15-,26-25?. The second kappa shape index (κ2) is 8.47. The summed E-state index contributed by atoms with van der Waals surface area (Å²) < 4.78 is 7.29. The van der Waals surface area contributed by atoms with Gasteiger partial charge < -0.3 is 9.30 Å². The molecule has 6 heteroatoms. The predicted octanol–water partition coefficient (Wildman–Crippen LogP) is 5.64. The number of thioether (sulfide) groups is 1. The van der Waals surface area contributed by atoms with Crippen LogP contribution in [0, 0.1) is 20.8 Å². The molecule has 1 aliphatic rings. The Hall–Kier alpha value is -3.25. The molecule has 0 atom stereocenters. The van der Waals surface area contributed by atoms with Crippen molar-refractivity contribution in [2.45, 2.75) is 20.8 Å². The number of amidine groups is 1. The first kappa shape index (κ1) is 21.0. The van der Waals surface area contributed by atoms with Gasteiger partial charge in [0.05, 0.1) is 17.7 Å². The van der Waals surface area contributed by atoms with E-state index in [-0.39, 0.29) is 5.91 Å². The molecular formula is C25H25N3O2S. The van der Waals surface area contributed by atoms with Crippen LogP contribution in [-0.4, -0.2) is 34.7 Å². The van der Waals surface area contributed by atoms with Gasteiger partial charge in [0, 0.05) is 24.6 Å². The van der Waals surface area contributed by atoms with Crippen LogP contribution in [0.25, 0.3) is 11.8 Å². The number of aliphatic imine (C=N–C) groups is 1. The predicted molar refractivity (Wildman–Crippen MR) is 128 cm³/mol. The summed E-state index contributed by atoms with van der Waals surface area (Å²) in [5.41, 5.74) is 6.28. The molecule has 1 fully saturated rings. The van der Waals surface area contributed by atoms with E-state index < -0.39 is 0 Å². The fraction of sp³-hybridized carbons (Fsp3) is 0.200. The number of methoxy groups -OCH3 is 1. The van der Waals surface area contributed by atoms with E-state index in [0.717, 1.165) is 33.9 Å². The lowest BCUT2D eigenvalue weighted by atomic mass is 10.1. The zero-order valence-electron chi connectivity index (χ0n) is 18.3. The number of aryl methyl sites for hydroxylation is 3. The molecule has 5 nitrogen and oxygen atoms in total. The molecule has 2 aromatic carbocycles. The molecule has 0 spiro atoms. The molecule has 0 saturated carbocycles. The van der Waals surface area contributed by atoms with Crippen LogP contribution in [0.3, 0.4) is 0 Å². The van der Waals surface area contributed by atoms with Crippen molar-refractivity contribution in [3.8, 4) is 11.4 Å². The van der Waals surface area contributed by atoms with Gasteiger partial charge in [0.25, 0.3) is 5.91 Å². The second-order valence-electron chi connectivity index (χ2n) is 7.62. The average Bonchev–Trinajstić information content (AvgIpc) is 3.31. The maximum atomic E-state index is 12.9. The first-order valence-electron chi connectivity index (χ1n) is 10.0. The quantitative estimate of drug-likeness (QED) is 0.502. The highest BCUT2D eigenvalue weighted by molar-refractivity contribution is 8.18. The van der Waals surface area contributed by atoms with Crippen LogP contribution in [-0.2, 0) is 4.79 Å². The number of aromatic nitrogens is 1. The van der Waals surface area contributed by atoms with Crippen LogP contribution in [0.5, 0.6) is 5.75 Å². The molecule has 2 heterocycles. The van der Waals surface area contributed by atoms with Crippen LogP contribution >= 0.6 is 11.8 Å². The fourth-order valence-electron chi connectivity index (χ4n) is 3.72. The summed E-state index contributed by atoms with van der Waals surface area (Å²) in [7, 11) is 3.43. The molecule has 158 valence electrons. The van der Waals surface area contributed by atoms with E-state index in [0.29, 0.717) is 10.1 Å². The number of rotatable bonds is 4. The van der Waals surface area contributed by atoms with Gasteiger partial charge in [-0.25, -0.2) is 4.99 Å². The van der Waals surface area contributed by atoms with Crippen LogP contribution < -0.4 is 4.74 Å². The van der Waals surface area contributed by atoms with Crippen molar-refractivity contribution in [3.63, 3.8) is 0 Å². The first-order valence-corrected chi connectivity index (χ1v) is 10.8. The fourth-order valence-corrected chi connectivity index (χ4v) is 4.68. The maximum Gasteiger partial charge on any atom is 0.266 e. The summed E-state index contributed by atoms with van der Waals surface area (Å²) >= 11 is 1.41. The Morgan fingerprint density at radius 3 is 2.35 bits per heavy atom. The van der Waals surface area contributed by atoms with Crippen LogP contribution in [0.2, 0.25) is 0 Å². The Labute approximate surface area is 187 Å². The molecule has 1 saturated heterocycles. The van der Waals surface area contributed by atoms with E-state index in [9.17, 15) is 4.79 Å². The molecule has 1 aromatic heterocycles. The molecule has 1 amide bonds. The van der Waals surface area contributed by atoms with Crippen molar-refractivity contribution < 1.29 is 9.53 Å². The molecule has 0 radical (unpaired) electrons. The van der Waals surface area contributed by atoms with Gasteiger partial charge in [-0.3, -0.25) is 9.69 Å². The summed E-state index contributed by atoms with van der Waals surface area (Å²) in [5.74, 6) is 0.759. The maximum absolute atomic E-state index is 12.9. The minimum atomic E-state index is -0.0475. The SMILES string of the molecule is COc1ccc(-n2cccc2/C=C2\SC(=Nc3c(C)cc(C)cc3C)N(C)C2=O)cc1. The van der Waals surface area contributed by atoms with Gasteiger partial charge in [-0.1, -0.05) is 17.7 Å². The third kappa shape index (κ3) is 4.16. The summed E-state index contributed by atoms with van der Waals surface area (Å²) in [6.07, 6.45) is 3.90.